The Labute approximate surface area is 171 Å². The predicted molar refractivity (Wildman–Crippen MR) is 118 cm³/mol. The minimum Gasteiger partial charge on any atom is -0.397 e. The maximum Gasteiger partial charge on any atom is 0.269 e. The topological polar surface area (TPSA) is 80.9 Å². The third-order valence-electron chi connectivity index (χ3n) is 4.44. The molecule has 4 aromatic rings. The molecule has 0 radical (unpaired) electrons. The van der Waals surface area contributed by atoms with Gasteiger partial charge in [0.15, 0.2) is 5.13 Å². The number of carbonyl (C=O) groups excluding carboxylic acids is 1. The molecular formula is C21H20N4OS2. The molecule has 7 heteroatoms. The SMILES string of the molecule is CCCCc1ccc2c(N)c(C(=O)Nc3nc(-c4ccccc4)cs3)sc2n1. The number of hydrogen-bond acceptors (Lipinski definition) is 6. The van der Waals surface area contributed by atoms with E-state index >= 15 is 0 Å². The summed E-state index contributed by atoms with van der Waals surface area (Å²) in [5.41, 5.74) is 9.61. The first-order chi connectivity index (χ1) is 13.7. The van der Waals surface area contributed by atoms with Crippen molar-refractivity contribution in [2.24, 2.45) is 0 Å². The molecule has 1 aromatic carbocycles. The van der Waals surface area contributed by atoms with Crippen LogP contribution in [0.3, 0.4) is 0 Å². The Hall–Kier alpha value is -2.77. The van der Waals surface area contributed by atoms with Gasteiger partial charge >= 0.3 is 0 Å². The van der Waals surface area contributed by atoms with E-state index in [1.165, 1.54) is 22.7 Å². The second-order valence-corrected chi connectivity index (χ2v) is 8.32. The van der Waals surface area contributed by atoms with Gasteiger partial charge in [-0.15, -0.1) is 22.7 Å². The van der Waals surface area contributed by atoms with Crippen LogP contribution in [0, 0.1) is 0 Å². The molecule has 0 fully saturated rings. The second-order valence-electron chi connectivity index (χ2n) is 6.46. The summed E-state index contributed by atoms with van der Waals surface area (Å²) < 4.78 is 0. The molecule has 0 bridgehead atoms. The Morgan fingerprint density at radius 2 is 1.96 bits per heavy atom. The number of unbranched alkanes of at least 4 members (excludes halogenated alkanes) is 1. The van der Waals surface area contributed by atoms with E-state index < -0.39 is 0 Å². The zero-order valence-electron chi connectivity index (χ0n) is 15.4. The lowest BCUT2D eigenvalue weighted by atomic mass is 10.1. The first-order valence-electron chi connectivity index (χ1n) is 9.16. The van der Waals surface area contributed by atoms with Gasteiger partial charge in [-0.1, -0.05) is 43.7 Å². The maximum atomic E-state index is 12.8. The van der Waals surface area contributed by atoms with E-state index in [4.69, 9.17) is 5.73 Å². The van der Waals surface area contributed by atoms with E-state index in [2.05, 4.69) is 22.2 Å². The monoisotopic (exact) mass is 408 g/mol. The van der Waals surface area contributed by atoms with Crippen LogP contribution in [-0.2, 0) is 6.42 Å². The summed E-state index contributed by atoms with van der Waals surface area (Å²) in [6.45, 7) is 2.16. The van der Waals surface area contributed by atoms with Gasteiger partial charge in [0.05, 0.1) is 11.4 Å². The molecule has 0 aliphatic rings. The largest absolute Gasteiger partial charge is 0.397 e. The molecule has 0 aliphatic carbocycles. The fraction of sp³-hybridized carbons (Fsp3) is 0.190. The fourth-order valence-electron chi connectivity index (χ4n) is 2.93. The van der Waals surface area contributed by atoms with Gasteiger partial charge < -0.3 is 5.73 Å². The third-order valence-corrected chi connectivity index (χ3v) is 6.31. The number of nitrogens with zero attached hydrogens (tertiary/aromatic N) is 2. The first-order valence-corrected chi connectivity index (χ1v) is 10.9. The minimum absolute atomic E-state index is 0.246. The number of aryl methyl sites for hydroxylation is 1. The molecule has 0 spiro atoms. The van der Waals surface area contributed by atoms with Crippen molar-refractivity contribution in [3.63, 3.8) is 0 Å². The molecule has 28 heavy (non-hydrogen) atoms. The molecule has 0 saturated heterocycles. The molecular weight excluding hydrogens is 388 g/mol. The first kappa shape index (κ1) is 18.6. The van der Waals surface area contributed by atoms with E-state index in [1.54, 1.807) is 0 Å². The lowest BCUT2D eigenvalue weighted by Crippen LogP contribution is -2.11. The summed E-state index contributed by atoms with van der Waals surface area (Å²) in [6.07, 6.45) is 3.16. The number of pyridine rings is 1. The number of rotatable bonds is 6. The maximum absolute atomic E-state index is 12.8. The summed E-state index contributed by atoms with van der Waals surface area (Å²) in [5, 5.41) is 6.19. The van der Waals surface area contributed by atoms with E-state index in [9.17, 15) is 4.79 Å². The van der Waals surface area contributed by atoms with Gasteiger partial charge in [0.1, 0.15) is 9.71 Å². The van der Waals surface area contributed by atoms with Crippen LogP contribution in [0.15, 0.2) is 47.8 Å². The summed E-state index contributed by atoms with van der Waals surface area (Å²) in [5.74, 6) is -0.246. The molecule has 0 unspecified atom stereocenters. The molecule has 3 heterocycles. The van der Waals surface area contributed by atoms with Crippen LogP contribution in [0.1, 0.15) is 35.1 Å². The molecule has 142 valence electrons. The van der Waals surface area contributed by atoms with Gasteiger partial charge in [-0.3, -0.25) is 10.1 Å². The number of fused-ring (bicyclic) bond motifs is 1. The fourth-order valence-corrected chi connectivity index (χ4v) is 4.65. The van der Waals surface area contributed by atoms with Gasteiger partial charge in [0, 0.05) is 22.0 Å². The summed E-state index contributed by atoms with van der Waals surface area (Å²) in [6, 6.07) is 13.8. The zero-order chi connectivity index (χ0) is 19.5. The highest BCUT2D eigenvalue weighted by Crippen LogP contribution is 2.34. The molecule has 5 nitrogen and oxygen atoms in total. The number of hydrogen-bond donors (Lipinski definition) is 2. The van der Waals surface area contributed by atoms with Crippen LogP contribution >= 0.6 is 22.7 Å². The smallest absolute Gasteiger partial charge is 0.269 e. The van der Waals surface area contributed by atoms with Crippen LogP contribution in [0.4, 0.5) is 10.8 Å². The number of carbonyl (C=O) groups is 1. The van der Waals surface area contributed by atoms with Gasteiger partial charge in [-0.25, -0.2) is 9.97 Å². The van der Waals surface area contributed by atoms with Crippen molar-refractivity contribution in [1.29, 1.82) is 0 Å². The predicted octanol–water partition coefficient (Wildman–Crippen LogP) is 5.60. The zero-order valence-corrected chi connectivity index (χ0v) is 17.1. The second kappa shape index (κ2) is 8.08. The number of amides is 1. The lowest BCUT2D eigenvalue weighted by Gasteiger charge is -2.00. The lowest BCUT2D eigenvalue weighted by molar-refractivity contribution is 0.103. The summed E-state index contributed by atoms with van der Waals surface area (Å²) >= 11 is 2.73. The Bertz CT molecular complexity index is 1120. The average Bonchev–Trinajstić information content (AvgIpc) is 3.31. The highest BCUT2D eigenvalue weighted by molar-refractivity contribution is 7.21. The van der Waals surface area contributed by atoms with Gasteiger partial charge in [0.2, 0.25) is 0 Å². The number of aromatic nitrogens is 2. The van der Waals surface area contributed by atoms with Crippen LogP contribution in [-0.4, -0.2) is 15.9 Å². The van der Waals surface area contributed by atoms with Crippen LogP contribution in [0.5, 0.6) is 0 Å². The average molecular weight is 409 g/mol. The third kappa shape index (κ3) is 3.76. The van der Waals surface area contributed by atoms with E-state index in [0.29, 0.717) is 15.7 Å². The van der Waals surface area contributed by atoms with Gasteiger partial charge in [-0.05, 0) is 25.0 Å². The molecule has 3 aromatic heterocycles. The number of benzene rings is 1. The Morgan fingerprint density at radius 3 is 2.75 bits per heavy atom. The standard InChI is InChI=1S/C21H20N4OS2/c1-2-3-9-14-10-11-15-17(22)18(28-20(15)23-14)19(26)25-21-24-16(12-27-21)13-7-5-4-6-8-13/h4-8,10-12H,2-3,9,22H2,1H3,(H,24,25,26). The summed E-state index contributed by atoms with van der Waals surface area (Å²) in [4.78, 5) is 23.2. The Balaban J connectivity index is 1.55. The van der Waals surface area contributed by atoms with Crippen LogP contribution in [0.2, 0.25) is 0 Å². The van der Waals surface area contributed by atoms with Crippen molar-refractivity contribution < 1.29 is 4.79 Å². The van der Waals surface area contributed by atoms with Gasteiger partial charge in [0.25, 0.3) is 5.91 Å². The van der Waals surface area contributed by atoms with Crippen LogP contribution in [0.25, 0.3) is 21.5 Å². The highest BCUT2D eigenvalue weighted by Gasteiger charge is 2.19. The Kier molecular flexibility index (Phi) is 5.36. The van der Waals surface area contributed by atoms with Crippen molar-refractivity contribution in [2.45, 2.75) is 26.2 Å². The van der Waals surface area contributed by atoms with Crippen molar-refractivity contribution in [3.05, 3.63) is 58.4 Å². The molecule has 4 rings (SSSR count). The molecule has 0 atom stereocenters. The number of thiophene rings is 1. The normalized spacial score (nSPS) is 11.0. The number of nitrogen functional groups attached to an aromatic ring is 1. The van der Waals surface area contributed by atoms with E-state index in [-0.39, 0.29) is 5.91 Å². The van der Waals surface area contributed by atoms with E-state index in [1.807, 2.05) is 47.8 Å². The molecule has 0 aliphatic heterocycles. The number of nitrogens with one attached hydrogen (secondary N) is 1. The minimum atomic E-state index is -0.246. The number of nitrogens with two attached hydrogens (primary N) is 1. The molecule has 3 N–H and O–H groups in total. The van der Waals surface area contributed by atoms with Crippen LogP contribution < -0.4 is 11.1 Å². The number of thiazole rings is 1. The van der Waals surface area contributed by atoms with Crippen molar-refractivity contribution in [2.75, 3.05) is 11.1 Å². The Morgan fingerprint density at radius 1 is 1.14 bits per heavy atom. The molecule has 1 amide bonds. The van der Waals surface area contributed by atoms with Crippen molar-refractivity contribution >= 4 is 49.6 Å². The number of anilines is 2. The van der Waals surface area contributed by atoms with E-state index in [0.717, 1.165) is 46.4 Å². The van der Waals surface area contributed by atoms with Gasteiger partial charge in [-0.2, -0.15) is 0 Å². The highest BCUT2D eigenvalue weighted by atomic mass is 32.1. The quantitative estimate of drug-likeness (QED) is 0.435. The summed E-state index contributed by atoms with van der Waals surface area (Å²) in [7, 11) is 0. The van der Waals surface area contributed by atoms with Crippen molar-refractivity contribution in [3.8, 4) is 11.3 Å². The van der Waals surface area contributed by atoms with Crippen molar-refractivity contribution in [1.82, 2.24) is 9.97 Å². The molecule has 0 saturated carbocycles.